The molecule has 21 heavy (non-hydrogen) atoms. The van der Waals surface area contributed by atoms with Crippen molar-refractivity contribution in [3.63, 3.8) is 0 Å². The zero-order valence-electron chi connectivity index (χ0n) is 10.8. The number of carbonyl (C=O) groups is 1. The number of rotatable bonds is 4. The molecule has 0 aliphatic carbocycles. The second-order valence-electron chi connectivity index (χ2n) is 4.24. The molecule has 0 amide bonds. The van der Waals surface area contributed by atoms with Gasteiger partial charge in [0.15, 0.2) is 5.75 Å². The number of anilines is 1. The second-order valence-corrected chi connectivity index (χ2v) is 4.24. The predicted octanol–water partition coefficient (Wildman–Crippen LogP) is 2.56. The molecule has 5 nitrogen and oxygen atoms in total. The van der Waals surface area contributed by atoms with Crippen LogP contribution in [-0.2, 0) is 6.61 Å². The lowest BCUT2D eigenvalue weighted by Crippen LogP contribution is -2.07. The lowest BCUT2D eigenvalue weighted by atomic mass is 10.1. The molecule has 0 spiro atoms. The molecule has 0 aliphatic rings. The largest absolute Gasteiger partial charge is 0.486 e. The van der Waals surface area contributed by atoms with Gasteiger partial charge in [-0.1, -0.05) is 12.1 Å². The van der Waals surface area contributed by atoms with E-state index in [0.29, 0.717) is 0 Å². The van der Waals surface area contributed by atoms with Crippen LogP contribution in [0.3, 0.4) is 0 Å². The SMILES string of the molecule is N#Cc1ccc(COc2c(N)cccc2C(=O)O)c(F)c1. The third kappa shape index (κ3) is 3.09. The summed E-state index contributed by atoms with van der Waals surface area (Å²) in [4.78, 5) is 11.1. The van der Waals surface area contributed by atoms with Gasteiger partial charge in [0, 0.05) is 5.56 Å². The summed E-state index contributed by atoms with van der Waals surface area (Å²) in [5, 5.41) is 17.7. The van der Waals surface area contributed by atoms with Crippen LogP contribution < -0.4 is 10.5 Å². The van der Waals surface area contributed by atoms with E-state index in [1.807, 2.05) is 6.07 Å². The zero-order chi connectivity index (χ0) is 15.4. The fourth-order valence-corrected chi connectivity index (χ4v) is 1.77. The van der Waals surface area contributed by atoms with Crippen molar-refractivity contribution in [2.75, 3.05) is 5.73 Å². The molecule has 0 fully saturated rings. The van der Waals surface area contributed by atoms with E-state index >= 15 is 0 Å². The topological polar surface area (TPSA) is 96.3 Å². The summed E-state index contributed by atoms with van der Waals surface area (Å²) in [6.45, 7) is -0.188. The summed E-state index contributed by atoms with van der Waals surface area (Å²) >= 11 is 0. The molecule has 2 aromatic carbocycles. The van der Waals surface area contributed by atoms with Gasteiger partial charge >= 0.3 is 5.97 Å². The molecule has 106 valence electrons. The number of nitrogens with two attached hydrogens (primary N) is 1. The minimum absolute atomic E-state index is 0.00578. The highest BCUT2D eigenvalue weighted by Gasteiger charge is 2.15. The monoisotopic (exact) mass is 286 g/mol. The van der Waals surface area contributed by atoms with Gasteiger partial charge in [-0.05, 0) is 24.3 Å². The molecule has 0 saturated carbocycles. The molecule has 0 aliphatic heterocycles. The van der Waals surface area contributed by atoms with Gasteiger partial charge in [0.2, 0.25) is 0 Å². The van der Waals surface area contributed by atoms with Crippen LogP contribution >= 0.6 is 0 Å². The Bertz CT molecular complexity index is 738. The van der Waals surface area contributed by atoms with Crippen LogP contribution in [0.5, 0.6) is 5.75 Å². The van der Waals surface area contributed by atoms with Crippen LogP contribution in [0.25, 0.3) is 0 Å². The van der Waals surface area contributed by atoms with E-state index in [1.165, 1.54) is 30.3 Å². The molecule has 0 heterocycles. The Morgan fingerprint density at radius 1 is 1.38 bits per heavy atom. The Hall–Kier alpha value is -3.07. The fourth-order valence-electron chi connectivity index (χ4n) is 1.77. The molecule has 0 radical (unpaired) electrons. The lowest BCUT2D eigenvalue weighted by Gasteiger charge is -2.12. The Morgan fingerprint density at radius 2 is 2.14 bits per heavy atom. The van der Waals surface area contributed by atoms with Gasteiger partial charge in [0.25, 0.3) is 0 Å². The van der Waals surface area contributed by atoms with Crippen molar-refractivity contribution in [1.82, 2.24) is 0 Å². The minimum atomic E-state index is -1.18. The van der Waals surface area contributed by atoms with E-state index in [4.69, 9.17) is 20.8 Å². The summed E-state index contributed by atoms with van der Waals surface area (Å²) < 4.78 is 19.1. The molecule has 0 atom stereocenters. The molecule has 0 saturated heterocycles. The third-order valence-corrected chi connectivity index (χ3v) is 2.83. The van der Waals surface area contributed by atoms with Crippen LogP contribution in [-0.4, -0.2) is 11.1 Å². The first-order valence-corrected chi connectivity index (χ1v) is 5.96. The Balaban J connectivity index is 2.25. The van der Waals surface area contributed by atoms with Gasteiger partial charge in [0.1, 0.15) is 18.0 Å². The van der Waals surface area contributed by atoms with Gasteiger partial charge in [0.05, 0.1) is 17.3 Å². The number of nitrogens with zero attached hydrogens (tertiary/aromatic N) is 1. The number of benzene rings is 2. The van der Waals surface area contributed by atoms with Crippen LogP contribution in [0.15, 0.2) is 36.4 Å². The zero-order valence-corrected chi connectivity index (χ0v) is 10.8. The van der Waals surface area contributed by atoms with E-state index in [9.17, 15) is 9.18 Å². The summed E-state index contributed by atoms with van der Waals surface area (Å²) in [5.74, 6) is -1.79. The number of halogens is 1. The molecule has 2 rings (SSSR count). The maximum absolute atomic E-state index is 13.7. The number of nitriles is 1. The number of carboxylic acid groups (broad SMARTS) is 1. The Morgan fingerprint density at radius 3 is 2.76 bits per heavy atom. The average molecular weight is 286 g/mol. The van der Waals surface area contributed by atoms with E-state index in [0.717, 1.165) is 6.07 Å². The number of carboxylic acids is 1. The molecule has 0 bridgehead atoms. The number of hydrogen-bond donors (Lipinski definition) is 2. The number of para-hydroxylation sites is 1. The molecule has 3 N–H and O–H groups in total. The van der Waals surface area contributed by atoms with Crippen molar-refractivity contribution in [2.45, 2.75) is 6.61 Å². The smallest absolute Gasteiger partial charge is 0.339 e. The van der Waals surface area contributed by atoms with Crippen LogP contribution in [0.1, 0.15) is 21.5 Å². The standard InChI is InChI=1S/C15H11FN2O3/c16-12-6-9(7-17)4-5-10(12)8-21-14-11(15(19)20)2-1-3-13(14)18/h1-6H,8,18H2,(H,19,20). The van der Waals surface area contributed by atoms with Gasteiger partial charge in [-0.25, -0.2) is 9.18 Å². The second kappa shape index (κ2) is 5.92. The highest BCUT2D eigenvalue weighted by atomic mass is 19.1. The van der Waals surface area contributed by atoms with E-state index in [1.54, 1.807) is 0 Å². The van der Waals surface area contributed by atoms with Crippen molar-refractivity contribution in [3.05, 3.63) is 58.9 Å². The van der Waals surface area contributed by atoms with Crippen molar-refractivity contribution in [3.8, 4) is 11.8 Å². The minimum Gasteiger partial charge on any atom is -0.486 e. The van der Waals surface area contributed by atoms with E-state index < -0.39 is 11.8 Å². The van der Waals surface area contributed by atoms with Crippen molar-refractivity contribution >= 4 is 11.7 Å². The first-order chi connectivity index (χ1) is 10.0. The van der Waals surface area contributed by atoms with Crippen LogP contribution in [0, 0.1) is 17.1 Å². The maximum Gasteiger partial charge on any atom is 0.339 e. The molecular weight excluding hydrogens is 275 g/mol. The summed E-state index contributed by atoms with van der Waals surface area (Å²) in [6, 6.07) is 10.1. The van der Waals surface area contributed by atoms with Gasteiger partial charge in [-0.2, -0.15) is 5.26 Å². The Labute approximate surface area is 120 Å². The molecule has 6 heteroatoms. The van der Waals surface area contributed by atoms with Crippen molar-refractivity contribution < 1.29 is 19.0 Å². The van der Waals surface area contributed by atoms with Crippen molar-refractivity contribution in [1.29, 1.82) is 5.26 Å². The fraction of sp³-hybridized carbons (Fsp3) is 0.0667. The van der Waals surface area contributed by atoms with Gasteiger partial charge in [-0.3, -0.25) is 0 Å². The van der Waals surface area contributed by atoms with Crippen LogP contribution in [0.2, 0.25) is 0 Å². The summed E-state index contributed by atoms with van der Waals surface area (Å²) in [5.41, 5.74) is 6.14. The summed E-state index contributed by atoms with van der Waals surface area (Å²) in [6.07, 6.45) is 0. The average Bonchev–Trinajstić information content (AvgIpc) is 2.46. The van der Waals surface area contributed by atoms with E-state index in [-0.39, 0.29) is 34.7 Å². The Kier molecular flexibility index (Phi) is 4.05. The molecule has 2 aromatic rings. The molecule has 0 unspecified atom stereocenters. The highest BCUT2D eigenvalue weighted by molar-refractivity contribution is 5.93. The molecule has 0 aromatic heterocycles. The van der Waals surface area contributed by atoms with Gasteiger partial charge < -0.3 is 15.6 Å². The quantitative estimate of drug-likeness (QED) is 0.842. The normalized spacial score (nSPS) is 9.90. The first-order valence-electron chi connectivity index (χ1n) is 5.96. The number of hydrogen-bond acceptors (Lipinski definition) is 4. The lowest BCUT2D eigenvalue weighted by molar-refractivity contribution is 0.0692. The van der Waals surface area contributed by atoms with Crippen molar-refractivity contribution in [2.24, 2.45) is 0 Å². The highest BCUT2D eigenvalue weighted by Crippen LogP contribution is 2.27. The summed E-state index contributed by atoms with van der Waals surface area (Å²) in [7, 11) is 0. The number of ether oxygens (including phenoxy) is 1. The maximum atomic E-state index is 13.7. The first kappa shape index (κ1) is 14.3. The van der Waals surface area contributed by atoms with Crippen LogP contribution in [0.4, 0.5) is 10.1 Å². The third-order valence-electron chi connectivity index (χ3n) is 2.83. The van der Waals surface area contributed by atoms with E-state index in [2.05, 4.69) is 0 Å². The van der Waals surface area contributed by atoms with Gasteiger partial charge in [-0.15, -0.1) is 0 Å². The predicted molar refractivity (Wildman–Crippen MR) is 73.3 cm³/mol. The number of nitrogen functional groups attached to an aromatic ring is 1. The number of aromatic carboxylic acids is 1. The molecular formula is C15H11FN2O3.